The summed E-state index contributed by atoms with van der Waals surface area (Å²) in [6.07, 6.45) is 0.0558. The van der Waals surface area contributed by atoms with E-state index < -0.39 is 41.5 Å². The molecule has 0 amide bonds. The lowest BCUT2D eigenvalue weighted by molar-refractivity contribution is 0.456. The second-order valence-electron chi connectivity index (χ2n) is 4.54. The number of phenolic OH excluding ortho intramolecular Hbond substituents is 2. The summed E-state index contributed by atoms with van der Waals surface area (Å²) in [5.41, 5.74) is -0.00361. The van der Waals surface area contributed by atoms with Crippen molar-refractivity contribution in [2.75, 3.05) is 0 Å². The minimum atomic E-state index is -4.67. The highest BCUT2D eigenvalue weighted by molar-refractivity contribution is 7.86. The zero-order valence-corrected chi connectivity index (χ0v) is 12.8. The summed E-state index contributed by atoms with van der Waals surface area (Å²) in [6.45, 7) is 1.54. The molecule has 0 spiro atoms. The molecule has 0 saturated heterocycles. The number of fused-ring (bicyclic) bond motifs is 1. The van der Waals surface area contributed by atoms with Crippen molar-refractivity contribution < 1.29 is 36.2 Å². The zero-order chi connectivity index (χ0) is 16.9. The van der Waals surface area contributed by atoms with Crippen molar-refractivity contribution in [2.45, 2.75) is 23.1 Å². The number of hydrogen-bond donors (Lipinski definition) is 4. The van der Waals surface area contributed by atoms with Gasteiger partial charge >= 0.3 is 0 Å². The maximum Gasteiger partial charge on any atom is 0.294 e. The monoisotopic (exact) mass is 348 g/mol. The maximum absolute atomic E-state index is 11.4. The lowest BCUT2D eigenvalue weighted by Gasteiger charge is -2.13. The standard InChI is InChI=1S/C12H12O8S2/c1-2-7-8-3-6(21(15,16)17)4-9(13)12(8)10(14)5-11(7)22(18,19)20/h3-5,13-14H,2H2,1H3,(H,15,16,17)(H,18,19,20). The van der Waals surface area contributed by atoms with Gasteiger partial charge in [-0.1, -0.05) is 6.92 Å². The van der Waals surface area contributed by atoms with E-state index in [0.717, 1.165) is 18.2 Å². The smallest absolute Gasteiger partial charge is 0.294 e. The molecule has 0 aliphatic rings. The fourth-order valence-electron chi connectivity index (χ4n) is 2.27. The van der Waals surface area contributed by atoms with Crippen molar-refractivity contribution in [3.05, 3.63) is 23.8 Å². The molecule has 0 atom stereocenters. The SMILES string of the molecule is CCc1c(S(=O)(=O)O)cc(O)c2c(O)cc(S(=O)(=O)O)cc12. The molecule has 0 aliphatic heterocycles. The lowest BCUT2D eigenvalue weighted by atomic mass is 10.0. The molecule has 2 aromatic carbocycles. The van der Waals surface area contributed by atoms with E-state index in [2.05, 4.69) is 0 Å². The van der Waals surface area contributed by atoms with Crippen LogP contribution < -0.4 is 0 Å². The van der Waals surface area contributed by atoms with Crippen LogP contribution in [0.25, 0.3) is 10.8 Å². The molecule has 0 fully saturated rings. The minimum absolute atomic E-state index is 0.00361. The third-order valence-electron chi connectivity index (χ3n) is 3.17. The van der Waals surface area contributed by atoms with Crippen LogP contribution in [-0.2, 0) is 26.7 Å². The second-order valence-corrected chi connectivity index (χ2v) is 7.35. The van der Waals surface area contributed by atoms with E-state index in [1.54, 1.807) is 0 Å². The van der Waals surface area contributed by atoms with Crippen molar-refractivity contribution in [1.82, 2.24) is 0 Å². The molecule has 0 unspecified atom stereocenters. The minimum Gasteiger partial charge on any atom is -0.507 e. The van der Waals surface area contributed by atoms with E-state index in [-0.39, 0.29) is 22.8 Å². The summed E-state index contributed by atoms with van der Waals surface area (Å²) in [5.74, 6) is -1.31. The van der Waals surface area contributed by atoms with Crippen LogP contribution in [0.1, 0.15) is 12.5 Å². The van der Waals surface area contributed by atoms with Crippen molar-refractivity contribution in [3.8, 4) is 11.5 Å². The van der Waals surface area contributed by atoms with Crippen LogP contribution >= 0.6 is 0 Å². The lowest BCUT2D eigenvalue weighted by Crippen LogP contribution is -2.05. The van der Waals surface area contributed by atoms with Gasteiger partial charge in [-0.2, -0.15) is 16.8 Å². The molecular formula is C12H12O8S2. The van der Waals surface area contributed by atoms with Crippen LogP contribution in [0.3, 0.4) is 0 Å². The number of benzene rings is 2. The highest BCUT2D eigenvalue weighted by Gasteiger charge is 2.23. The molecule has 0 radical (unpaired) electrons. The Morgan fingerprint density at radius 1 is 0.909 bits per heavy atom. The van der Waals surface area contributed by atoms with Gasteiger partial charge in [0.2, 0.25) is 0 Å². The topological polar surface area (TPSA) is 149 Å². The number of hydrogen-bond acceptors (Lipinski definition) is 6. The number of aromatic hydroxyl groups is 2. The van der Waals surface area contributed by atoms with Crippen molar-refractivity contribution in [1.29, 1.82) is 0 Å². The van der Waals surface area contributed by atoms with Gasteiger partial charge in [-0.3, -0.25) is 9.11 Å². The van der Waals surface area contributed by atoms with E-state index in [4.69, 9.17) is 4.55 Å². The Labute approximate surface area is 126 Å². The zero-order valence-electron chi connectivity index (χ0n) is 11.2. The van der Waals surface area contributed by atoms with Gasteiger partial charge in [-0.25, -0.2) is 0 Å². The molecule has 2 rings (SSSR count). The van der Waals surface area contributed by atoms with E-state index in [0.29, 0.717) is 0 Å². The maximum atomic E-state index is 11.4. The summed E-state index contributed by atoms with van der Waals surface area (Å²) in [4.78, 5) is -1.27. The summed E-state index contributed by atoms with van der Waals surface area (Å²) >= 11 is 0. The van der Waals surface area contributed by atoms with Gasteiger partial charge in [0.25, 0.3) is 20.2 Å². The first-order valence-corrected chi connectivity index (χ1v) is 8.81. The highest BCUT2D eigenvalue weighted by atomic mass is 32.2. The first-order chi connectivity index (χ1) is 9.96. The van der Waals surface area contributed by atoms with Crippen LogP contribution in [0.2, 0.25) is 0 Å². The van der Waals surface area contributed by atoms with Crippen LogP contribution in [0, 0.1) is 0 Å². The van der Waals surface area contributed by atoms with Gasteiger partial charge in [0.15, 0.2) is 0 Å². The van der Waals surface area contributed by atoms with Crippen LogP contribution in [0.15, 0.2) is 28.0 Å². The van der Waals surface area contributed by atoms with Crippen molar-refractivity contribution in [2.24, 2.45) is 0 Å². The molecule has 8 nitrogen and oxygen atoms in total. The largest absolute Gasteiger partial charge is 0.507 e. The predicted octanol–water partition coefficient (Wildman–Crippen LogP) is 1.31. The molecule has 120 valence electrons. The highest BCUT2D eigenvalue weighted by Crippen LogP contribution is 2.40. The second kappa shape index (κ2) is 5.09. The number of phenols is 2. The Kier molecular flexibility index (Phi) is 3.81. The van der Waals surface area contributed by atoms with E-state index in [1.165, 1.54) is 6.92 Å². The van der Waals surface area contributed by atoms with Gasteiger partial charge in [0.05, 0.1) is 10.3 Å². The molecule has 22 heavy (non-hydrogen) atoms. The normalized spacial score (nSPS) is 12.7. The Balaban J connectivity index is 3.10. The summed E-state index contributed by atoms with van der Waals surface area (Å²) in [7, 11) is -9.33. The first-order valence-electron chi connectivity index (χ1n) is 5.93. The number of rotatable bonds is 3. The fraction of sp³-hybridized carbons (Fsp3) is 0.167. The van der Waals surface area contributed by atoms with Crippen LogP contribution in [-0.4, -0.2) is 36.2 Å². The van der Waals surface area contributed by atoms with Gasteiger partial charge in [0.1, 0.15) is 16.4 Å². The predicted molar refractivity (Wildman–Crippen MR) is 76.3 cm³/mol. The van der Waals surface area contributed by atoms with Crippen LogP contribution in [0.4, 0.5) is 0 Å². The summed E-state index contributed by atoms with van der Waals surface area (Å²) in [6, 6.07) is 2.41. The molecule has 10 heteroatoms. The van der Waals surface area contributed by atoms with Gasteiger partial charge in [0, 0.05) is 12.1 Å². The van der Waals surface area contributed by atoms with Crippen LogP contribution in [0.5, 0.6) is 11.5 Å². The van der Waals surface area contributed by atoms with Gasteiger partial charge in [-0.15, -0.1) is 0 Å². The Hall–Kier alpha value is -1.88. The first kappa shape index (κ1) is 16.5. The van der Waals surface area contributed by atoms with Crippen molar-refractivity contribution >= 4 is 31.0 Å². The average Bonchev–Trinajstić information content (AvgIpc) is 2.35. The fourth-order valence-corrected chi connectivity index (χ4v) is 3.62. The molecule has 0 saturated carbocycles. The molecular weight excluding hydrogens is 336 g/mol. The van der Waals surface area contributed by atoms with E-state index >= 15 is 0 Å². The molecule has 0 heterocycles. The van der Waals surface area contributed by atoms with Crippen molar-refractivity contribution in [3.63, 3.8) is 0 Å². The molecule has 0 aliphatic carbocycles. The van der Waals surface area contributed by atoms with E-state index in [1.807, 2.05) is 0 Å². The Morgan fingerprint density at radius 3 is 1.91 bits per heavy atom. The summed E-state index contributed by atoms with van der Waals surface area (Å²) < 4.78 is 63.5. The van der Waals surface area contributed by atoms with Gasteiger partial charge < -0.3 is 10.2 Å². The Morgan fingerprint density at radius 2 is 1.45 bits per heavy atom. The molecule has 4 N–H and O–H groups in total. The molecule has 2 aromatic rings. The molecule has 0 bridgehead atoms. The summed E-state index contributed by atoms with van der Waals surface area (Å²) in [5, 5.41) is 19.4. The van der Waals surface area contributed by atoms with Gasteiger partial charge in [-0.05, 0) is 23.4 Å². The Bertz CT molecular complexity index is 966. The van der Waals surface area contributed by atoms with E-state index in [9.17, 15) is 31.6 Å². The average molecular weight is 348 g/mol. The quantitative estimate of drug-likeness (QED) is 0.606. The third kappa shape index (κ3) is 2.73. The third-order valence-corrected chi connectivity index (χ3v) is 4.92. The molecule has 0 aromatic heterocycles. The number of aryl methyl sites for hydroxylation is 1.